The molecule has 28 heavy (non-hydrogen) atoms. The van der Waals surface area contributed by atoms with Gasteiger partial charge in [-0.05, 0) is 36.6 Å². The van der Waals surface area contributed by atoms with Gasteiger partial charge in [-0.15, -0.1) is 10.2 Å². The number of amides is 1. The molecule has 3 N–H and O–H groups in total. The Hall–Kier alpha value is -2.94. The molecule has 1 amide bonds. The van der Waals surface area contributed by atoms with E-state index in [-0.39, 0.29) is 23.2 Å². The second kappa shape index (κ2) is 7.59. The van der Waals surface area contributed by atoms with Crippen LogP contribution >= 0.6 is 0 Å². The van der Waals surface area contributed by atoms with Gasteiger partial charge in [0.1, 0.15) is 5.82 Å². The van der Waals surface area contributed by atoms with E-state index < -0.39 is 15.7 Å². The molecule has 9 heteroatoms. The van der Waals surface area contributed by atoms with Gasteiger partial charge in [0, 0.05) is 29.7 Å². The summed E-state index contributed by atoms with van der Waals surface area (Å²) in [6.07, 6.45) is 3.27. The minimum atomic E-state index is -3.04. The summed E-state index contributed by atoms with van der Waals surface area (Å²) in [5.41, 5.74) is 2.51. The van der Waals surface area contributed by atoms with Crippen molar-refractivity contribution in [3.05, 3.63) is 53.9 Å². The minimum Gasteiger partial charge on any atom is -0.368 e. The van der Waals surface area contributed by atoms with Crippen LogP contribution in [0.15, 0.2) is 42.6 Å². The van der Waals surface area contributed by atoms with Crippen LogP contribution in [0.3, 0.4) is 0 Å². The first-order valence-electron chi connectivity index (χ1n) is 9.14. The number of hydrogen-bond acceptors (Lipinski definition) is 6. The lowest BCUT2D eigenvalue weighted by molar-refractivity contribution is 0.0935. The van der Waals surface area contributed by atoms with Gasteiger partial charge < -0.3 is 15.6 Å². The number of H-pyrrole nitrogens is 1. The molecule has 1 aromatic carbocycles. The normalized spacial score (nSPS) is 18.2. The zero-order valence-electron chi connectivity index (χ0n) is 15.2. The number of carbonyl (C=O) groups is 1. The lowest BCUT2D eigenvalue weighted by Gasteiger charge is -2.10. The fourth-order valence-electron chi connectivity index (χ4n) is 3.38. The molecule has 146 valence electrons. The van der Waals surface area contributed by atoms with Crippen molar-refractivity contribution >= 4 is 32.5 Å². The number of rotatable bonds is 6. The zero-order chi connectivity index (χ0) is 19.6. The van der Waals surface area contributed by atoms with E-state index in [0.29, 0.717) is 18.8 Å². The van der Waals surface area contributed by atoms with E-state index in [1.54, 1.807) is 12.1 Å². The summed E-state index contributed by atoms with van der Waals surface area (Å²) in [5, 5.41) is 15.1. The molecule has 3 heterocycles. The first kappa shape index (κ1) is 18.4. The van der Waals surface area contributed by atoms with Crippen LogP contribution in [-0.2, 0) is 16.3 Å². The van der Waals surface area contributed by atoms with Gasteiger partial charge in [0.05, 0.1) is 11.5 Å². The highest BCUT2D eigenvalue weighted by Crippen LogP contribution is 2.18. The van der Waals surface area contributed by atoms with E-state index in [1.165, 1.54) is 10.9 Å². The fourth-order valence-corrected chi connectivity index (χ4v) is 5.05. The highest BCUT2D eigenvalue weighted by atomic mass is 32.2. The van der Waals surface area contributed by atoms with Gasteiger partial charge in [-0.3, -0.25) is 4.79 Å². The van der Waals surface area contributed by atoms with Gasteiger partial charge in [-0.2, -0.15) is 0 Å². The van der Waals surface area contributed by atoms with Gasteiger partial charge in [0.25, 0.3) is 5.91 Å². The maximum absolute atomic E-state index is 12.2. The predicted octanol–water partition coefficient (Wildman–Crippen LogP) is 1.53. The van der Waals surface area contributed by atoms with E-state index in [2.05, 4.69) is 31.9 Å². The predicted molar refractivity (Wildman–Crippen MR) is 107 cm³/mol. The molecular weight excluding hydrogens is 378 g/mol. The second-order valence-corrected chi connectivity index (χ2v) is 9.14. The summed E-state index contributed by atoms with van der Waals surface area (Å²) in [5.74, 6) is 0.280. The molecule has 2 aromatic heterocycles. The van der Waals surface area contributed by atoms with Crippen LogP contribution in [0.5, 0.6) is 0 Å². The molecule has 0 spiro atoms. The first-order valence-corrected chi connectivity index (χ1v) is 11.0. The van der Waals surface area contributed by atoms with Crippen molar-refractivity contribution in [1.29, 1.82) is 0 Å². The number of nitrogens with one attached hydrogen (secondary N) is 3. The standard InChI is InChI=1S/C19H21N5O3S/c25-19(22-14-8-10-28(26,27)12-14)17-5-6-18(24-23-17)20-9-7-13-11-21-16-4-2-1-3-15(13)16/h1-6,11,14,21H,7-10,12H2,(H,20,24)(H,22,25). The Bertz CT molecular complexity index is 1090. The van der Waals surface area contributed by atoms with Crippen molar-refractivity contribution in [1.82, 2.24) is 20.5 Å². The topological polar surface area (TPSA) is 117 Å². The van der Waals surface area contributed by atoms with Crippen molar-refractivity contribution in [2.24, 2.45) is 0 Å². The molecule has 1 unspecified atom stereocenters. The Morgan fingerprint density at radius 2 is 2.04 bits per heavy atom. The average Bonchev–Trinajstić information content (AvgIpc) is 3.25. The van der Waals surface area contributed by atoms with E-state index >= 15 is 0 Å². The molecule has 1 aliphatic heterocycles. The highest BCUT2D eigenvalue weighted by molar-refractivity contribution is 7.91. The fraction of sp³-hybridized carbons (Fsp3) is 0.316. The van der Waals surface area contributed by atoms with Crippen molar-refractivity contribution < 1.29 is 13.2 Å². The van der Waals surface area contributed by atoms with Crippen LogP contribution in [0.2, 0.25) is 0 Å². The third kappa shape index (κ3) is 4.14. The molecule has 1 atom stereocenters. The van der Waals surface area contributed by atoms with Gasteiger partial charge in [-0.25, -0.2) is 8.42 Å². The molecule has 1 fully saturated rings. The quantitative estimate of drug-likeness (QED) is 0.579. The van der Waals surface area contributed by atoms with Crippen molar-refractivity contribution in [2.45, 2.75) is 18.9 Å². The lowest BCUT2D eigenvalue weighted by atomic mass is 10.1. The molecule has 0 saturated carbocycles. The number of hydrogen-bond donors (Lipinski definition) is 3. The van der Waals surface area contributed by atoms with Gasteiger partial charge >= 0.3 is 0 Å². The molecule has 0 bridgehead atoms. The third-order valence-electron chi connectivity index (χ3n) is 4.84. The first-order chi connectivity index (χ1) is 13.5. The number of fused-ring (bicyclic) bond motifs is 1. The number of aromatic amines is 1. The Balaban J connectivity index is 1.30. The van der Waals surface area contributed by atoms with Crippen LogP contribution in [-0.4, -0.2) is 53.6 Å². The Kier molecular flexibility index (Phi) is 4.99. The van der Waals surface area contributed by atoms with Crippen LogP contribution in [0.4, 0.5) is 5.82 Å². The molecule has 4 rings (SSSR count). The van der Waals surface area contributed by atoms with Crippen molar-refractivity contribution in [2.75, 3.05) is 23.4 Å². The second-order valence-electron chi connectivity index (χ2n) is 6.91. The Morgan fingerprint density at radius 1 is 1.18 bits per heavy atom. The minimum absolute atomic E-state index is 0.0142. The molecule has 1 aliphatic rings. The Labute approximate surface area is 162 Å². The van der Waals surface area contributed by atoms with Crippen LogP contribution in [0.25, 0.3) is 10.9 Å². The number of benzene rings is 1. The summed E-state index contributed by atoms with van der Waals surface area (Å²) in [6, 6.07) is 11.1. The summed E-state index contributed by atoms with van der Waals surface area (Å²) in [7, 11) is -3.04. The number of anilines is 1. The Morgan fingerprint density at radius 3 is 2.79 bits per heavy atom. The molecular formula is C19H21N5O3S. The molecule has 0 radical (unpaired) electrons. The van der Waals surface area contributed by atoms with Crippen LogP contribution in [0.1, 0.15) is 22.5 Å². The number of aromatic nitrogens is 3. The maximum Gasteiger partial charge on any atom is 0.272 e. The molecule has 8 nitrogen and oxygen atoms in total. The molecule has 3 aromatic rings. The SMILES string of the molecule is O=C(NC1CCS(=O)(=O)C1)c1ccc(NCCc2c[nH]c3ccccc23)nn1. The zero-order valence-corrected chi connectivity index (χ0v) is 16.0. The van der Waals surface area contributed by atoms with Gasteiger partial charge in [0.15, 0.2) is 15.5 Å². The lowest BCUT2D eigenvalue weighted by Crippen LogP contribution is -2.36. The third-order valence-corrected chi connectivity index (χ3v) is 6.61. The van der Waals surface area contributed by atoms with Gasteiger partial charge in [-0.1, -0.05) is 18.2 Å². The summed E-state index contributed by atoms with van der Waals surface area (Å²) in [4.78, 5) is 15.4. The summed E-state index contributed by atoms with van der Waals surface area (Å²) in [6.45, 7) is 0.683. The van der Waals surface area contributed by atoms with E-state index in [0.717, 1.165) is 11.9 Å². The monoisotopic (exact) mass is 399 g/mol. The number of para-hydroxylation sites is 1. The number of sulfone groups is 1. The van der Waals surface area contributed by atoms with Crippen LogP contribution < -0.4 is 10.6 Å². The van der Waals surface area contributed by atoms with E-state index in [4.69, 9.17) is 0 Å². The molecule has 1 saturated heterocycles. The summed E-state index contributed by atoms with van der Waals surface area (Å²) >= 11 is 0. The maximum atomic E-state index is 12.2. The highest BCUT2D eigenvalue weighted by Gasteiger charge is 2.29. The number of carbonyl (C=O) groups excluding carboxylic acids is 1. The van der Waals surface area contributed by atoms with Crippen molar-refractivity contribution in [3.8, 4) is 0 Å². The average molecular weight is 399 g/mol. The van der Waals surface area contributed by atoms with E-state index in [9.17, 15) is 13.2 Å². The molecule has 0 aliphatic carbocycles. The van der Waals surface area contributed by atoms with Crippen LogP contribution in [0, 0.1) is 0 Å². The summed E-state index contributed by atoms with van der Waals surface area (Å²) < 4.78 is 22.9. The van der Waals surface area contributed by atoms with E-state index in [1.807, 2.05) is 24.4 Å². The smallest absolute Gasteiger partial charge is 0.272 e. The van der Waals surface area contributed by atoms with Gasteiger partial charge in [0.2, 0.25) is 0 Å². The largest absolute Gasteiger partial charge is 0.368 e. The van der Waals surface area contributed by atoms with Crippen molar-refractivity contribution in [3.63, 3.8) is 0 Å². The number of nitrogens with zero attached hydrogens (tertiary/aromatic N) is 2.